The average Bonchev–Trinajstić information content (AvgIpc) is 2.96. The molecule has 1 aliphatic rings. The number of nitrogens with zero attached hydrogens (tertiary/aromatic N) is 2. The van der Waals surface area contributed by atoms with Crippen molar-refractivity contribution in [2.75, 3.05) is 4.90 Å². The molecular weight excluding hydrogens is 266 g/mol. The molecule has 1 aromatic heterocycles. The topological polar surface area (TPSA) is 66.1 Å². The number of imide groups is 1. The molecule has 21 heavy (non-hydrogen) atoms. The molecule has 2 aromatic carbocycles. The Hall–Kier alpha value is -2.95. The third kappa shape index (κ3) is 1.67. The molecule has 2 heterocycles. The molecule has 0 saturated heterocycles. The minimum absolute atomic E-state index is 0.221. The molecule has 4 rings (SSSR count). The van der Waals surface area contributed by atoms with Gasteiger partial charge in [-0.05, 0) is 17.7 Å². The van der Waals surface area contributed by atoms with Gasteiger partial charge in [0, 0.05) is 10.9 Å². The number of benzene rings is 2. The zero-order valence-electron chi connectivity index (χ0n) is 11.0. The van der Waals surface area contributed by atoms with Crippen molar-refractivity contribution in [3.8, 4) is 0 Å². The van der Waals surface area contributed by atoms with Crippen LogP contribution in [0.3, 0.4) is 0 Å². The number of anilines is 1. The van der Waals surface area contributed by atoms with Crippen molar-refractivity contribution < 1.29 is 9.59 Å². The number of H-pyrrole nitrogens is 1. The minimum atomic E-state index is -0.288. The Balaban J connectivity index is 1.91. The molecule has 0 atom stereocenters. The van der Waals surface area contributed by atoms with Crippen LogP contribution in [0.25, 0.3) is 10.9 Å². The number of carbonyl (C=O) groups excluding carboxylic acids is 2. The van der Waals surface area contributed by atoms with Gasteiger partial charge in [-0.15, -0.1) is 0 Å². The summed E-state index contributed by atoms with van der Waals surface area (Å²) in [5, 5.41) is 7.70. The van der Waals surface area contributed by atoms with Gasteiger partial charge in [0.1, 0.15) is 0 Å². The van der Waals surface area contributed by atoms with Crippen LogP contribution in [0, 0.1) is 0 Å². The monoisotopic (exact) mass is 277 g/mol. The van der Waals surface area contributed by atoms with Crippen LogP contribution in [0.2, 0.25) is 0 Å². The van der Waals surface area contributed by atoms with Gasteiger partial charge in [-0.25, -0.2) is 4.90 Å². The van der Waals surface area contributed by atoms with Gasteiger partial charge in [0.25, 0.3) is 5.91 Å². The Morgan fingerprint density at radius 3 is 2.81 bits per heavy atom. The number of carbonyl (C=O) groups is 2. The molecular formula is C16H11N3O2. The molecule has 0 bridgehead atoms. The van der Waals surface area contributed by atoms with Crippen molar-refractivity contribution in [2.24, 2.45) is 0 Å². The smallest absolute Gasteiger partial charge is 0.265 e. The van der Waals surface area contributed by atoms with Crippen molar-refractivity contribution in [2.45, 2.75) is 6.42 Å². The fourth-order valence-corrected chi connectivity index (χ4v) is 2.74. The number of nitrogens with one attached hydrogen (secondary N) is 1. The lowest BCUT2D eigenvalue weighted by atomic mass is 9.98. The number of rotatable bonds is 1. The lowest BCUT2D eigenvalue weighted by molar-refractivity contribution is -0.117. The van der Waals surface area contributed by atoms with Gasteiger partial charge < -0.3 is 0 Å². The van der Waals surface area contributed by atoms with Gasteiger partial charge in [-0.1, -0.05) is 30.3 Å². The fraction of sp³-hybridized carbons (Fsp3) is 0.0625. The lowest BCUT2D eigenvalue weighted by Crippen LogP contribution is -2.42. The predicted molar refractivity (Wildman–Crippen MR) is 78.1 cm³/mol. The molecule has 2 amide bonds. The lowest BCUT2D eigenvalue weighted by Gasteiger charge is -2.27. The van der Waals surface area contributed by atoms with Crippen molar-refractivity contribution >= 4 is 28.4 Å². The summed E-state index contributed by atoms with van der Waals surface area (Å²) >= 11 is 0. The van der Waals surface area contributed by atoms with E-state index in [0.29, 0.717) is 16.8 Å². The van der Waals surface area contributed by atoms with Crippen LogP contribution in [0.4, 0.5) is 5.69 Å². The van der Waals surface area contributed by atoms with Crippen LogP contribution in [0.1, 0.15) is 15.9 Å². The summed E-state index contributed by atoms with van der Waals surface area (Å²) in [5.41, 5.74) is 2.60. The third-order valence-electron chi connectivity index (χ3n) is 3.74. The Labute approximate surface area is 120 Å². The van der Waals surface area contributed by atoms with E-state index in [1.165, 1.54) is 4.90 Å². The van der Waals surface area contributed by atoms with Gasteiger partial charge in [0.15, 0.2) is 0 Å². The molecule has 0 radical (unpaired) electrons. The molecule has 0 saturated carbocycles. The summed E-state index contributed by atoms with van der Waals surface area (Å²) in [6, 6.07) is 12.7. The first-order valence-electron chi connectivity index (χ1n) is 6.63. The number of aromatic amines is 1. The maximum atomic E-state index is 12.7. The van der Waals surface area contributed by atoms with Crippen molar-refractivity contribution in [1.29, 1.82) is 0 Å². The molecule has 3 aromatic rings. The first-order chi connectivity index (χ1) is 10.3. The molecule has 0 unspecified atom stereocenters. The average molecular weight is 277 g/mol. The number of para-hydroxylation sites is 1. The van der Waals surface area contributed by atoms with E-state index in [-0.39, 0.29) is 18.2 Å². The second kappa shape index (κ2) is 4.28. The maximum absolute atomic E-state index is 12.7. The van der Waals surface area contributed by atoms with E-state index in [2.05, 4.69) is 10.2 Å². The molecule has 5 heteroatoms. The largest absolute Gasteiger partial charge is 0.276 e. The molecule has 1 N–H and O–H groups in total. The van der Waals surface area contributed by atoms with Crippen molar-refractivity contribution in [3.63, 3.8) is 0 Å². The second-order valence-electron chi connectivity index (χ2n) is 4.98. The van der Waals surface area contributed by atoms with Gasteiger partial charge in [-0.3, -0.25) is 14.7 Å². The molecule has 1 aliphatic heterocycles. The van der Waals surface area contributed by atoms with Gasteiger partial charge in [0.2, 0.25) is 5.91 Å². The summed E-state index contributed by atoms with van der Waals surface area (Å²) in [7, 11) is 0. The van der Waals surface area contributed by atoms with Crippen molar-refractivity contribution in [3.05, 3.63) is 59.8 Å². The SMILES string of the molecule is O=C1Cc2ccccc2C(=O)N1c1cccc2cn[nH]c12. The summed E-state index contributed by atoms with van der Waals surface area (Å²) < 4.78 is 0. The molecule has 0 aliphatic carbocycles. The molecule has 0 spiro atoms. The van der Waals surface area contributed by atoms with E-state index >= 15 is 0 Å². The molecule has 102 valence electrons. The van der Waals surface area contributed by atoms with E-state index in [9.17, 15) is 9.59 Å². The van der Waals surface area contributed by atoms with Crippen LogP contribution in [-0.4, -0.2) is 22.0 Å². The van der Waals surface area contributed by atoms with Gasteiger partial charge in [-0.2, -0.15) is 5.10 Å². The first-order valence-corrected chi connectivity index (χ1v) is 6.63. The Morgan fingerprint density at radius 2 is 1.90 bits per heavy atom. The Kier molecular flexibility index (Phi) is 2.41. The zero-order chi connectivity index (χ0) is 14.4. The first kappa shape index (κ1) is 11.8. The van der Waals surface area contributed by atoms with Crippen molar-refractivity contribution in [1.82, 2.24) is 10.2 Å². The van der Waals surface area contributed by atoms with Crippen LogP contribution >= 0.6 is 0 Å². The highest BCUT2D eigenvalue weighted by Crippen LogP contribution is 2.30. The van der Waals surface area contributed by atoms with Gasteiger partial charge in [0.05, 0.1) is 23.8 Å². The summed E-state index contributed by atoms with van der Waals surface area (Å²) in [6.07, 6.45) is 1.90. The quantitative estimate of drug-likeness (QED) is 0.694. The highest BCUT2D eigenvalue weighted by atomic mass is 16.2. The normalized spacial score (nSPS) is 14.6. The zero-order valence-corrected chi connectivity index (χ0v) is 11.0. The Bertz CT molecular complexity index is 882. The molecule has 0 fully saturated rings. The highest BCUT2D eigenvalue weighted by Gasteiger charge is 2.32. The second-order valence-corrected chi connectivity index (χ2v) is 4.98. The van der Waals surface area contributed by atoms with E-state index < -0.39 is 0 Å². The van der Waals surface area contributed by atoms with E-state index in [0.717, 1.165) is 10.9 Å². The predicted octanol–water partition coefficient (Wildman–Crippen LogP) is 2.29. The highest BCUT2D eigenvalue weighted by molar-refractivity contribution is 6.26. The van der Waals surface area contributed by atoms with E-state index in [1.807, 2.05) is 30.3 Å². The van der Waals surface area contributed by atoms with Crippen LogP contribution in [-0.2, 0) is 11.2 Å². The van der Waals surface area contributed by atoms with E-state index in [4.69, 9.17) is 0 Å². The summed E-state index contributed by atoms with van der Waals surface area (Å²) in [6.45, 7) is 0. The number of hydrogen-bond acceptors (Lipinski definition) is 3. The number of hydrogen-bond donors (Lipinski definition) is 1. The minimum Gasteiger partial charge on any atom is -0.276 e. The maximum Gasteiger partial charge on any atom is 0.265 e. The van der Waals surface area contributed by atoms with Crippen LogP contribution in [0.5, 0.6) is 0 Å². The van der Waals surface area contributed by atoms with E-state index in [1.54, 1.807) is 18.3 Å². The number of aromatic nitrogens is 2. The fourth-order valence-electron chi connectivity index (χ4n) is 2.74. The van der Waals surface area contributed by atoms with Gasteiger partial charge >= 0.3 is 0 Å². The Morgan fingerprint density at radius 1 is 1.05 bits per heavy atom. The number of amides is 2. The van der Waals surface area contributed by atoms with Crippen LogP contribution < -0.4 is 4.90 Å². The number of fused-ring (bicyclic) bond motifs is 2. The summed E-state index contributed by atoms with van der Waals surface area (Å²) in [4.78, 5) is 26.3. The third-order valence-corrected chi connectivity index (χ3v) is 3.74. The standard InChI is InChI=1S/C16H11N3O2/c20-14-8-10-4-1-2-6-12(10)16(21)19(14)13-7-3-5-11-9-17-18-15(11)13/h1-7,9H,8H2,(H,17,18). The summed E-state index contributed by atoms with van der Waals surface area (Å²) in [5.74, 6) is -0.509. The molecule has 5 nitrogen and oxygen atoms in total. The van der Waals surface area contributed by atoms with Crippen LogP contribution in [0.15, 0.2) is 48.7 Å².